The fraction of sp³-hybridized carbons (Fsp3) is 0.235. The predicted octanol–water partition coefficient (Wildman–Crippen LogP) is 3.94. The standard InChI is InChI=1S/C17H18ClFN2O3/c1-10(17(22)21-13-7-5-4-6-12(13)19)20-14-8-11(18)15(23-2)9-16(14)24-3/h4-10,20H,1-3H3,(H,21,22)/t10-/m0/s1. The van der Waals surface area contributed by atoms with Crippen molar-refractivity contribution in [2.75, 3.05) is 24.9 Å². The van der Waals surface area contributed by atoms with Crippen LogP contribution in [0.1, 0.15) is 6.92 Å². The van der Waals surface area contributed by atoms with E-state index in [9.17, 15) is 9.18 Å². The minimum absolute atomic E-state index is 0.121. The monoisotopic (exact) mass is 352 g/mol. The number of rotatable bonds is 6. The van der Waals surface area contributed by atoms with E-state index in [-0.39, 0.29) is 5.69 Å². The van der Waals surface area contributed by atoms with E-state index in [1.54, 1.807) is 31.2 Å². The lowest BCUT2D eigenvalue weighted by molar-refractivity contribution is -0.116. The second kappa shape index (κ2) is 7.88. The van der Waals surface area contributed by atoms with E-state index in [0.717, 1.165) is 0 Å². The number of ether oxygens (including phenoxy) is 2. The summed E-state index contributed by atoms with van der Waals surface area (Å²) in [5.41, 5.74) is 0.648. The molecule has 0 unspecified atom stereocenters. The topological polar surface area (TPSA) is 59.6 Å². The smallest absolute Gasteiger partial charge is 0.246 e. The van der Waals surface area contributed by atoms with Crippen molar-refractivity contribution in [3.05, 3.63) is 47.2 Å². The second-order valence-corrected chi connectivity index (χ2v) is 5.43. The van der Waals surface area contributed by atoms with Crippen LogP contribution in [0.2, 0.25) is 5.02 Å². The molecular weight excluding hydrogens is 335 g/mol. The van der Waals surface area contributed by atoms with Gasteiger partial charge in [0.25, 0.3) is 0 Å². The molecule has 0 spiro atoms. The number of anilines is 2. The number of nitrogens with one attached hydrogen (secondary N) is 2. The van der Waals surface area contributed by atoms with Crippen molar-refractivity contribution in [2.45, 2.75) is 13.0 Å². The van der Waals surface area contributed by atoms with E-state index >= 15 is 0 Å². The van der Waals surface area contributed by atoms with E-state index in [1.165, 1.54) is 26.4 Å². The molecule has 0 aliphatic heterocycles. The van der Waals surface area contributed by atoms with Gasteiger partial charge >= 0.3 is 0 Å². The van der Waals surface area contributed by atoms with E-state index in [1.807, 2.05) is 0 Å². The van der Waals surface area contributed by atoms with Gasteiger partial charge in [0.2, 0.25) is 5.91 Å². The first-order valence-corrected chi connectivity index (χ1v) is 7.57. The molecule has 0 bridgehead atoms. The van der Waals surface area contributed by atoms with E-state index in [4.69, 9.17) is 21.1 Å². The highest BCUT2D eigenvalue weighted by Crippen LogP contribution is 2.36. The first-order chi connectivity index (χ1) is 11.5. The van der Waals surface area contributed by atoms with Crippen LogP contribution in [-0.4, -0.2) is 26.2 Å². The molecule has 0 fully saturated rings. The van der Waals surface area contributed by atoms with E-state index in [2.05, 4.69) is 10.6 Å². The Morgan fingerprint density at radius 3 is 2.42 bits per heavy atom. The summed E-state index contributed by atoms with van der Waals surface area (Å²) < 4.78 is 24.0. The molecule has 2 N–H and O–H groups in total. The Balaban J connectivity index is 2.14. The summed E-state index contributed by atoms with van der Waals surface area (Å²) in [5, 5.41) is 5.90. The molecule has 2 rings (SSSR count). The quantitative estimate of drug-likeness (QED) is 0.826. The zero-order valence-corrected chi connectivity index (χ0v) is 14.3. The van der Waals surface area contributed by atoms with Crippen LogP contribution in [0.25, 0.3) is 0 Å². The van der Waals surface area contributed by atoms with Crippen LogP contribution in [0.5, 0.6) is 11.5 Å². The van der Waals surface area contributed by atoms with E-state index < -0.39 is 17.8 Å². The second-order valence-electron chi connectivity index (χ2n) is 5.02. The Morgan fingerprint density at radius 1 is 1.12 bits per heavy atom. The molecule has 0 saturated carbocycles. The number of hydrogen-bond acceptors (Lipinski definition) is 4. The van der Waals surface area contributed by atoms with Crippen molar-refractivity contribution in [1.29, 1.82) is 0 Å². The zero-order chi connectivity index (χ0) is 17.7. The van der Waals surface area contributed by atoms with Gasteiger partial charge in [-0.3, -0.25) is 4.79 Å². The number of benzene rings is 2. The van der Waals surface area contributed by atoms with E-state index in [0.29, 0.717) is 22.2 Å². The van der Waals surface area contributed by atoms with Crippen LogP contribution in [0.3, 0.4) is 0 Å². The van der Waals surface area contributed by atoms with Gasteiger partial charge in [0.05, 0.1) is 30.6 Å². The van der Waals surface area contributed by atoms with Crippen molar-refractivity contribution < 1.29 is 18.7 Å². The minimum Gasteiger partial charge on any atom is -0.495 e. The summed E-state index contributed by atoms with van der Waals surface area (Å²) >= 11 is 6.10. The Labute approximate surface area is 144 Å². The molecule has 0 aliphatic rings. The van der Waals surface area contributed by atoms with Gasteiger partial charge in [-0.2, -0.15) is 0 Å². The fourth-order valence-electron chi connectivity index (χ4n) is 2.08. The number of carbonyl (C=O) groups excluding carboxylic acids is 1. The lowest BCUT2D eigenvalue weighted by Crippen LogP contribution is -2.32. The van der Waals surface area contributed by atoms with Gasteiger partial charge in [0.1, 0.15) is 23.4 Å². The summed E-state index contributed by atoms with van der Waals surface area (Å²) in [7, 11) is 3.00. The maximum Gasteiger partial charge on any atom is 0.246 e. The third-order valence-corrected chi connectivity index (χ3v) is 3.67. The predicted molar refractivity (Wildman–Crippen MR) is 92.7 cm³/mol. The number of amides is 1. The van der Waals surface area contributed by atoms with Crippen molar-refractivity contribution in [1.82, 2.24) is 0 Å². The zero-order valence-electron chi connectivity index (χ0n) is 13.5. The number of methoxy groups -OCH3 is 2. The third-order valence-electron chi connectivity index (χ3n) is 3.37. The number of hydrogen-bond donors (Lipinski definition) is 2. The Kier molecular flexibility index (Phi) is 5.87. The Hall–Kier alpha value is -2.47. The fourth-order valence-corrected chi connectivity index (χ4v) is 2.32. The summed E-state index contributed by atoms with van der Waals surface area (Å²) in [5.74, 6) is 0.0431. The van der Waals surface area contributed by atoms with Crippen LogP contribution >= 0.6 is 11.6 Å². The van der Waals surface area contributed by atoms with Crippen molar-refractivity contribution in [3.8, 4) is 11.5 Å². The van der Waals surface area contributed by atoms with Gasteiger partial charge in [0.15, 0.2) is 0 Å². The van der Waals surface area contributed by atoms with Crippen LogP contribution in [0.4, 0.5) is 15.8 Å². The summed E-state index contributed by atoms with van der Waals surface area (Å²) in [4.78, 5) is 12.2. The number of halogens is 2. The molecule has 2 aromatic rings. The first-order valence-electron chi connectivity index (χ1n) is 7.19. The van der Waals surface area contributed by atoms with Gasteiger partial charge < -0.3 is 20.1 Å². The van der Waals surface area contributed by atoms with Crippen LogP contribution in [-0.2, 0) is 4.79 Å². The van der Waals surface area contributed by atoms with Gasteiger partial charge in [0, 0.05) is 6.07 Å². The molecule has 128 valence electrons. The molecule has 0 aliphatic carbocycles. The maximum atomic E-state index is 13.6. The molecule has 1 atom stereocenters. The van der Waals surface area contributed by atoms with Crippen molar-refractivity contribution in [2.24, 2.45) is 0 Å². The lowest BCUT2D eigenvalue weighted by atomic mass is 10.2. The summed E-state index contributed by atoms with van der Waals surface area (Å²) in [6.07, 6.45) is 0. The molecule has 24 heavy (non-hydrogen) atoms. The molecule has 5 nitrogen and oxygen atoms in total. The molecule has 2 aromatic carbocycles. The molecule has 1 amide bonds. The molecule has 0 saturated heterocycles. The average molecular weight is 353 g/mol. The lowest BCUT2D eigenvalue weighted by Gasteiger charge is -2.18. The maximum absolute atomic E-state index is 13.6. The van der Waals surface area contributed by atoms with Crippen LogP contribution in [0, 0.1) is 5.82 Å². The molecule has 0 radical (unpaired) electrons. The van der Waals surface area contributed by atoms with Crippen LogP contribution in [0.15, 0.2) is 36.4 Å². The third kappa shape index (κ3) is 4.08. The number of carbonyl (C=O) groups is 1. The summed E-state index contributed by atoms with van der Waals surface area (Å²) in [6, 6.07) is 8.53. The largest absolute Gasteiger partial charge is 0.495 e. The highest BCUT2D eigenvalue weighted by atomic mass is 35.5. The van der Waals surface area contributed by atoms with Crippen molar-refractivity contribution >= 4 is 28.9 Å². The SMILES string of the molecule is COc1cc(OC)c(N[C@@H](C)C(=O)Nc2ccccc2F)cc1Cl. The Bertz CT molecular complexity index is 740. The van der Waals surface area contributed by atoms with Gasteiger partial charge in [-0.05, 0) is 25.1 Å². The molecular formula is C17H18ClFN2O3. The highest BCUT2D eigenvalue weighted by Gasteiger charge is 2.18. The first kappa shape index (κ1) is 17.9. The highest BCUT2D eigenvalue weighted by molar-refractivity contribution is 6.32. The molecule has 0 aromatic heterocycles. The average Bonchev–Trinajstić information content (AvgIpc) is 2.57. The van der Waals surface area contributed by atoms with Gasteiger partial charge in [-0.1, -0.05) is 23.7 Å². The summed E-state index contributed by atoms with van der Waals surface area (Å²) in [6.45, 7) is 1.65. The molecule has 7 heteroatoms. The van der Waals surface area contributed by atoms with Crippen LogP contribution < -0.4 is 20.1 Å². The minimum atomic E-state index is -0.650. The molecule has 0 heterocycles. The van der Waals surface area contributed by atoms with Crippen molar-refractivity contribution in [3.63, 3.8) is 0 Å². The van der Waals surface area contributed by atoms with Gasteiger partial charge in [-0.25, -0.2) is 4.39 Å². The van der Waals surface area contributed by atoms with Gasteiger partial charge in [-0.15, -0.1) is 0 Å². The number of para-hydroxylation sites is 1. The normalized spacial score (nSPS) is 11.5. The Morgan fingerprint density at radius 2 is 1.79 bits per heavy atom.